The largest absolute Gasteiger partial charge is 0.480 e. The zero-order valence-corrected chi connectivity index (χ0v) is 12.1. The maximum absolute atomic E-state index is 13.6. The van der Waals surface area contributed by atoms with Crippen LogP contribution in [0.2, 0.25) is 0 Å². The van der Waals surface area contributed by atoms with Crippen LogP contribution in [0.5, 0.6) is 5.88 Å². The van der Waals surface area contributed by atoms with Crippen LogP contribution in [0.25, 0.3) is 0 Å². The minimum Gasteiger partial charge on any atom is -0.480 e. The first-order valence-corrected chi connectivity index (χ1v) is 6.31. The number of hydrogen-bond donors (Lipinski definition) is 1. The fourth-order valence-corrected chi connectivity index (χ4v) is 1.83. The van der Waals surface area contributed by atoms with Crippen LogP contribution < -0.4 is 10.1 Å². The second-order valence-electron chi connectivity index (χ2n) is 3.87. The average Bonchev–Trinajstić information content (AvgIpc) is 2.42. The van der Waals surface area contributed by atoms with Gasteiger partial charge in [-0.1, -0.05) is 0 Å². The Kier molecular flexibility index (Phi) is 4.31. The van der Waals surface area contributed by atoms with Crippen molar-refractivity contribution in [3.8, 4) is 5.88 Å². The molecule has 0 saturated heterocycles. The lowest BCUT2D eigenvalue weighted by atomic mass is 10.2. The van der Waals surface area contributed by atoms with Gasteiger partial charge in [0, 0.05) is 0 Å². The summed E-state index contributed by atoms with van der Waals surface area (Å²) in [6.45, 7) is 0. The van der Waals surface area contributed by atoms with Crippen molar-refractivity contribution < 1.29 is 22.3 Å². The molecule has 0 aliphatic heterocycles. The fourth-order valence-electron chi connectivity index (χ4n) is 1.47. The van der Waals surface area contributed by atoms with E-state index in [1.54, 1.807) is 0 Å². The first-order chi connectivity index (χ1) is 9.81. The lowest BCUT2D eigenvalue weighted by Crippen LogP contribution is -2.07. The second-order valence-corrected chi connectivity index (χ2v) is 4.72. The molecule has 0 unspecified atom stereocenters. The predicted molar refractivity (Wildman–Crippen MR) is 71.0 cm³/mol. The van der Waals surface area contributed by atoms with Crippen molar-refractivity contribution >= 4 is 27.6 Å². The molecular formula is C12H8BrF4N3O. The minimum atomic E-state index is -4.57. The molecule has 0 aliphatic carbocycles. The maximum Gasteiger partial charge on any atom is 0.416 e. The lowest BCUT2D eigenvalue weighted by molar-refractivity contribution is -0.137. The van der Waals surface area contributed by atoms with E-state index in [9.17, 15) is 17.6 Å². The van der Waals surface area contributed by atoms with Crippen LogP contribution in [0.3, 0.4) is 0 Å². The number of alkyl halides is 3. The van der Waals surface area contributed by atoms with Crippen molar-refractivity contribution in [2.75, 3.05) is 12.4 Å². The molecule has 2 rings (SSSR count). The molecule has 1 N–H and O–H groups in total. The van der Waals surface area contributed by atoms with Crippen molar-refractivity contribution in [2.24, 2.45) is 0 Å². The Morgan fingerprint density at radius 1 is 1.29 bits per heavy atom. The molecule has 21 heavy (non-hydrogen) atoms. The van der Waals surface area contributed by atoms with E-state index < -0.39 is 17.6 Å². The van der Waals surface area contributed by atoms with E-state index in [1.165, 1.54) is 13.3 Å². The number of nitrogens with zero attached hydrogens (tertiary/aromatic N) is 2. The molecule has 1 heterocycles. The van der Waals surface area contributed by atoms with Crippen molar-refractivity contribution in [2.45, 2.75) is 6.18 Å². The third kappa shape index (κ3) is 3.60. The van der Waals surface area contributed by atoms with Crippen molar-refractivity contribution in [3.05, 3.63) is 40.2 Å². The quantitative estimate of drug-likeness (QED) is 0.830. The van der Waals surface area contributed by atoms with Crippen molar-refractivity contribution in [1.82, 2.24) is 9.97 Å². The van der Waals surface area contributed by atoms with E-state index in [2.05, 4.69) is 31.2 Å². The van der Waals surface area contributed by atoms with Crippen LogP contribution in [0.1, 0.15) is 5.56 Å². The van der Waals surface area contributed by atoms with Gasteiger partial charge >= 0.3 is 6.18 Å². The van der Waals surface area contributed by atoms with E-state index in [0.29, 0.717) is 16.6 Å². The van der Waals surface area contributed by atoms with Crippen LogP contribution in [-0.4, -0.2) is 17.1 Å². The molecule has 1 aromatic heterocycles. The SMILES string of the molecule is COc1nc(Nc2cc(C(F)(F)F)ccc2F)ncc1Br. The predicted octanol–water partition coefficient (Wildman–Crippen LogP) is 4.15. The standard InChI is InChI=1S/C12H8BrF4N3O/c1-21-10-7(13)5-18-11(20-10)19-9-4-6(12(15,16)17)2-3-8(9)14/h2-5H,1H3,(H,18,19,20). The van der Waals surface area contributed by atoms with Crippen LogP contribution in [0.4, 0.5) is 29.2 Å². The summed E-state index contributed by atoms with van der Waals surface area (Å²) >= 11 is 3.13. The Labute approximate surface area is 125 Å². The Bertz CT molecular complexity index is 663. The van der Waals surface area contributed by atoms with Gasteiger partial charge in [0.1, 0.15) is 5.82 Å². The number of nitrogens with one attached hydrogen (secondary N) is 1. The summed E-state index contributed by atoms with van der Waals surface area (Å²) < 4.78 is 56.8. The third-order valence-corrected chi connectivity index (χ3v) is 2.99. The third-order valence-electron chi connectivity index (χ3n) is 2.45. The molecule has 9 heteroatoms. The Balaban J connectivity index is 2.35. The lowest BCUT2D eigenvalue weighted by Gasteiger charge is -2.11. The molecule has 112 valence electrons. The molecule has 4 nitrogen and oxygen atoms in total. The number of hydrogen-bond acceptors (Lipinski definition) is 4. The average molecular weight is 366 g/mol. The van der Waals surface area contributed by atoms with Gasteiger partial charge in [-0.3, -0.25) is 0 Å². The van der Waals surface area contributed by atoms with Gasteiger partial charge in [0.05, 0.1) is 29.0 Å². The van der Waals surface area contributed by atoms with Gasteiger partial charge < -0.3 is 10.1 Å². The van der Waals surface area contributed by atoms with Gasteiger partial charge in [-0.05, 0) is 34.1 Å². The van der Waals surface area contributed by atoms with Crippen LogP contribution >= 0.6 is 15.9 Å². The highest BCUT2D eigenvalue weighted by molar-refractivity contribution is 9.10. The fraction of sp³-hybridized carbons (Fsp3) is 0.167. The molecule has 0 spiro atoms. The van der Waals surface area contributed by atoms with Gasteiger partial charge in [-0.25, -0.2) is 9.37 Å². The molecule has 0 saturated carbocycles. The number of ether oxygens (including phenoxy) is 1. The number of rotatable bonds is 3. The second kappa shape index (κ2) is 5.84. The monoisotopic (exact) mass is 365 g/mol. The molecule has 0 atom stereocenters. The molecule has 0 aliphatic rings. The van der Waals surface area contributed by atoms with Gasteiger partial charge in [0.25, 0.3) is 0 Å². The van der Waals surface area contributed by atoms with Gasteiger partial charge in [0.2, 0.25) is 11.8 Å². The van der Waals surface area contributed by atoms with Crippen LogP contribution in [-0.2, 0) is 6.18 Å². The van der Waals surface area contributed by atoms with Gasteiger partial charge in [-0.2, -0.15) is 18.2 Å². The van der Waals surface area contributed by atoms with Gasteiger partial charge in [-0.15, -0.1) is 0 Å². The maximum atomic E-state index is 13.6. The molecule has 0 radical (unpaired) electrons. The zero-order chi connectivity index (χ0) is 15.6. The van der Waals surface area contributed by atoms with E-state index in [1.807, 2.05) is 0 Å². The van der Waals surface area contributed by atoms with Crippen LogP contribution in [0.15, 0.2) is 28.9 Å². The summed E-state index contributed by atoms with van der Waals surface area (Å²) in [5.74, 6) is -0.776. The Hall–Kier alpha value is -1.90. The van der Waals surface area contributed by atoms with E-state index >= 15 is 0 Å². The number of methoxy groups -OCH3 is 1. The summed E-state index contributed by atoms with van der Waals surface area (Å²) in [5.41, 5.74) is -1.36. The normalized spacial score (nSPS) is 11.3. The summed E-state index contributed by atoms with van der Waals surface area (Å²) in [4.78, 5) is 7.70. The molecule has 0 amide bonds. The first-order valence-electron chi connectivity index (χ1n) is 5.51. The van der Waals surface area contributed by atoms with E-state index in [0.717, 1.165) is 6.07 Å². The topological polar surface area (TPSA) is 47.0 Å². The molecular weight excluding hydrogens is 358 g/mol. The van der Waals surface area contributed by atoms with Crippen LogP contribution in [0, 0.1) is 5.82 Å². The number of halogens is 5. The minimum absolute atomic E-state index is 0.0896. The van der Waals surface area contributed by atoms with Crippen molar-refractivity contribution in [3.63, 3.8) is 0 Å². The number of aromatic nitrogens is 2. The highest BCUT2D eigenvalue weighted by atomic mass is 79.9. The van der Waals surface area contributed by atoms with Crippen molar-refractivity contribution in [1.29, 1.82) is 0 Å². The molecule has 0 fully saturated rings. The number of benzene rings is 1. The highest BCUT2D eigenvalue weighted by Gasteiger charge is 2.31. The zero-order valence-electron chi connectivity index (χ0n) is 10.5. The summed E-state index contributed by atoms with van der Waals surface area (Å²) in [6.07, 6.45) is -3.23. The van der Waals surface area contributed by atoms with Gasteiger partial charge in [0.15, 0.2) is 0 Å². The summed E-state index contributed by atoms with van der Waals surface area (Å²) in [6, 6.07) is 2.03. The Morgan fingerprint density at radius 2 is 2.00 bits per heavy atom. The summed E-state index contributed by atoms with van der Waals surface area (Å²) in [7, 11) is 1.36. The highest BCUT2D eigenvalue weighted by Crippen LogP contribution is 2.32. The van der Waals surface area contributed by atoms with E-state index in [-0.39, 0.29) is 17.5 Å². The smallest absolute Gasteiger partial charge is 0.416 e. The first kappa shape index (κ1) is 15.5. The molecule has 0 bridgehead atoms. The number of anilines is 2. The summed E-state index contributed by atoms with van der Waals surface area (Å²) in [5, 5.41) is 2.39. The molecule has 2 aromatic rings. The molecule has 1 aromatic carbocycles. The van der Waals surface area contributed by atoms with E-state index in [4.69, 9.17) is 4.74 Å². The Morgan fingerprint density at radius 3 is 2.62 bits per heavy atom.